The standard InChI is InChI=1S/C21H27NO3/c1-2-13-23-18-11-9-17(10-12-18)15-22-20-7-3-4-8-21(20)25-16-19-6-5-14-24-19/h3-4,7-12,19,22H,2,5-6,13-16H2,1H3. The Bertz CT molecular complexity index is 636. The summed E-state index contributed by atoms with van der Waals surface area (Å²) in [6.07, 6.45) is 3.46. The van der Waals surface area contributed by atoms with Gasteiger partial charge in [0.25, 0.3) is 0 Å². The molecule has 2 aromatic rings. The third kappa shape index (κ3) is 5.40. The lowest BCUT2D eigenvalue weighted by molar-refractivity contribution is 0.0682. The van der Waals surface area contributed by atoms with Gasteiger partial charge in [0.15, 0.2) is 0 Å². The van der Waals surface area contributed by atoms with Gasteiger partial charge in [0.1, 0.15) is 18.1 Å². The van der Waals surface area contributed by atoms with Crippen LogP contribution in [-0.4, -0.2) is 25.9 Å². The van der Waals surface area contributed by atoms with E-state index in [1.165, 1.54) is 5.56 Å². The van der Waals surface area contributed by atoms with Gasteiger partial charge < -0.3 is 19.5 Å². The van der Waals surface area contributed by atoms with Gasteiger partial charge in [-0.15, -0.1) is 0 Å². The zero-order valence-electron chi connectivity index (χ0n) is 14.9. The van der Waals surface area contributed by atoms with E-state index in [0.29, 0.717) is 6.61 Å². The molecule has 1 atom stereocenters. The fourth-order valence-corrected chi connectivity index (χ4v) is 2.82. The van der Waals surface area contributed by atoms with Crippen LogP contribution in [0, 0.1) is 0 Å². The second kappa shape index (κ2) is 9.33. The van der Waals surface area contributed by atoms with Gasteiger partial charge in [-0.05, 0) is 49.1 Å². The van der Waals surface area contributed by atoms with Crippen LogP contribution in [0.1, 0.15) is 31.7 Å². The molecule has 1 fully saturated rings. The highest BCUT2D eigenvalue weighted by molar-refractivity contribution is 5.56. The van der Waals surface area contributed by atoms with Crippen molar-refractivity contribution in [3.63, 3.8) is 0 Å². The molecule has 25 heavy (non-hydrogen) atoms. The molecular formula is C21H27NO3. The van der Waals surface area contributed by atoms with Gasteiger partial charge >= 0.3 is 0 Å². The van der Waals surface area contributed by atoms with Gasteiger partial charge in [-0.3, -0.25) is 0 Å². The van der Waals surface area contributed by atoms with Gasteiger partial charge in [0.05, 0.1) is 18.4 Å². The average Bonchev–Trinajstić information content (AvgIpc) is 3.18. The number of hydrogen-bond acceptors (Lipinski definition) is 4. The maximum absolute atomic E-state index is 5.97. The molecule has 0 saturated carbocycles. The first-order chi connectivity index (χ1) is 12.3. The molecule has 0 aliphatic carbocycles. The van der Waals surface area contributed by atoms with E-state index in [0.717, 1.165) is 56.2 Å². The van der Waals surface area contributed by atoms with Gasteiger partial charge in [-0.2, -0.15) is 0 Å². The van der Waals surface area contributed by atoms with E-state index in [2.05, 4.69) is 24.4 Å². The Labute approximate surface area is 150 Å². The van der Waals surface area contributed by atoms with Gasteiger partial charge in [-0.1, -0.05) is 31.2 Å². The second-order valence-electron chi connectivity index (χ2n) is 6.29. The molecule has 1 N–H and O–H groups in total. The molecular weight excluding hydrogens is 314 g/mol. The molecule has 134 valence electrons. The number of hydrogen-bond donors (Lipinski definition) is 1. The van der Waals surface area contributed by atoms with Crippen LogP contribution in [0.15, 0.2) is 48.5 Å². The van der Waals surface area contributed by atoms with Crippen LogP contribution < -0.4 is 14.8 Å². The van der Waals surface area contributed by atoms with E-state index in [1.54, 1.807) is 0 Å². The van der Waals surface area contributed by atoms with Crippen molar-refractivity contribution >= 4 is 5.69 Å². The Hall–Kier alpha value is -2.20. The first-order valence-corrected chi connectivity index (χ1v) is 9.14. The van der Waals surface area contributed by atoms with Gasteiger partial charge in [0, 0.05) is 13.2 Å². The van der Waals surface area contributed by atoms with Crippen molar-refractivity contribution in [2.45, 2.75) is 38.8 Å². The van der Waals surface area contributed by atoms with E-state index in [1.807, 2.05) is 36.4 Å². The Kier molecular flexibility index (Phi) is 6.57. The number of nitrogens with one attached hydrogen (secondary N) is 1. The summed E-state index contributed by atoms with van der Waals surface area (Å²) in [7, 11) is 0. The third-order valence-electron chi connectivity index (χ3n) is 4.21. The molecule has 1 saturated heterocycles. The first kappa shape index (κ1) is 17.6. The molecule has 0 aromatic heterocycles. The van der Waals surface area contributed by atoms with E-state index >= 15 is 0 Å². The quantitative estimate of drug-likeness (QED) is 0.721. The monoisotopic (exact) mass is 341 g/mol. The van der Waals surface area contributed by atoms with E-state index < -0.39 is 0 Å². The fourth-order valence-electron chi connectivity index (χ4n) is 2.82. The molecule has 1 aliphatic heterocycles. The lowest BCUT2D eigenvalue weighted by atomic mass is 10.2. The third-order valence-corrected chi connectivity index (χ3v) is 4.21. The molecule has 1 heterocycles. The van der Waals surface area contributed by atoms with Crippen LogP contribution in [0.25, 0.3) is 0 Å². The Morgan fingerprint density at radius 3 is 2.68 bits per heavy atom. The van der Waals surface area contributed by atoms with Crippen LogP contribution in [0.3, 0.4) is 0 Å². The number of benzene rings is 2. The smallest absolute Gasteiger partial charge is 0.142 e. The minimum Gasteiger partial charge on any atom is -0.494 e. The fraction of sp³-hybridized carbons (Fsp3) is 0.429. The highest BCUT2D eigenvalue weighted by atomic mass is 16.5. The van der Waals surface area contributed by atoms with Crippen LogP contribution in [0.5, 0.6) is 11.5 Å². The lowest BCUT2D eigenvalue weighted by Gasteiger charge is -2.16. The Morgan fingerprint density at radius 1 is 1.08 bits per heavy atom. The summed E-state index contributed by atoms with van der Waals surface area (Å²) >= 11 is 0. The van der Waals surface area contributed by atoms with Crippen molar-refractivity contribution in [1.82, 2.24) is 0 Å². The van der Waals surface area contributed by atoms with E-state index in [9.17, 15) is 0 Å². The van der Waals surface area contributed by atoms with Crippen molar-refractivity contribution in [3.05, 3.63) is 54.1 Å². The molecule has 1 aliphatic rings. The van der Waals surface area contributed by atoms with Crippen LogP contribution >= 0.6 is 0 Å². The summed E-state index contributed by atoms with van der Waals surface area (Å²) in [5, 5.41) is 3.46. The average molecular weight is 341 g/mol. The summed E-state index contributed by atoms with van der Waals surface area (Å²) in [5.74, 6) is 1.80. The maximum atomic E-state index is 5.97. The molecule has 0 spiro atoms. The molecule has 0 amide bonds. The zero-order chi connectivity index (χ0) is 17.3. The molecule has 0 radical (unpaired) electrons. The largest absolute Gasteiger partial charge is 0.494 e. The minimum atomic E-state index is 0.226. The van der Waals surface area contributed by atoms with Crippen molar-refractivity contribution in [2.75, 3.05) is 25.1 Å². The molecule has 0 bridgehead atoms. The number of ether oxygens (including phenoxy) is 3. The van der Waals surface area contributed by atoms with E-state index in [4.69, 9.17) is 14.2 Å². The van der Waals surface area contributed by atoms with Crippen LogP contribution in [0.2, 0.25) is 0 Å². The van der Waals surface area contributed by atoms with Gasteiger partial charge in [-0.25, -0.2) is 0 Å². The molecule has 3 rings (SSSR count). The highest BCUT2D eigenvalue weighted by Crippen LogP contribution is 2.26. The predicted molar refractivity (Wildman–Crippen MR) is 100 cm³/mol. The van der Waals surface area contributed by atoms with E-state index in [-0.39, 0.29) is 6.10 Å². The maximum Gasteiger partial charge on any atom is 0.142 e. The summed E-state index contributed by atoms with van der Waals surface area (Å²) in [4.78, 5) is 0. The van der Waals surface area contributed by atoms with Crippen molar-refractivity contribution < 1.29 is 14.2 Å². The molecule has 4 heteroatoms. The van der Waals surface area contributed by atoms with Crippen molar-refractivity contribution in [3.8, 4) is 11.5 Å². The molecule has 2 aromatic carbocycles. The van der Waals surface area contributed by atoms with Crippen LogP contribution in [0.4, 0.5) is 5.69 Å². The van der Waals surface area contributed by atoms with Gasteiger partial charge in [0.2, 0.25) is 0 Å². The number of anilines is 1. The minimum absolute atomic E-state index is 0.226. The second-order valence-corrected chi connectivity index (χ2v) is 6.29. The topological polar surface area (TPSA) is 39.7 Å². The SMILES string of the molecule is CCCOc1ccc(CNc2ccccc2OCC2CCCO2)cc1. The highest BCUT2D eigenvalue weighted by Gasteiger charge is 2.16. The normalized spacial score (nSPS) is 16.6. The number of rotatable bonds is 9. The Morgan fingerprint density at radius 2 is 1.92 bits per heavy atom. The summed E-state index contributed by atoms with van der Waals surface area (Å²) < 4.78 is 17.2. The van der Waals surface area contributed by atoms with Crippen molar-refractivity contribution in [2.24, 2.45) is 0 Å². The Balaban J connectivity index is 1.53. The number of para-hydroxylation sites is 2. The van der Waals surface area contributed by atoms with Crippen molar-refractivity contribution in [1.29, 1.82) is 0 Å². The molecule has 4 nitrogen and oxygen atoms in total. The first-order valence-electron chi connectivity index (χ1n) is 9.14. The zero-order valence-corrected chi connectivity index (χ0v) is 14.9. The lowest BCUT2D eigenvalue weighted by Crippen LogP contribution is -2.16. The summed E-state index contributed by atoms with van der Waals surface area (Å²) in [6, 6.07) is 16.3. The summed E-state index contributed by atoms with van der Waals surface area (Å²) in [5.41, 5.74) is 2.21. The molecule has 1 unspecified atom stereocenters. The summed E-state index contributed by atoms with van der Waals surface area (Å²) in [6.45, 7) is 5.08. The predicted octanol–water partition coefficient (Wildman–Crippen LogP) is 4.65. The van der Waals surface area contributed by atoms with Crippen LogP contribution in [-0.2, 0) is 11.3 Å².